The van der Waals surface area contributed by atoms with Crippen molar-refractivity contribution < 1.29 is 14.7 Å². The number of aliphatic carboxylic acids is 1. The van der Waals surface area contributed by atoms with Gasteiger partial charge in [0, 0.05) is 6.54 Å². The second kappa shape index (κ2) is 7.50. The van der Waals surface area contributed by atoms with Crippen LogP contribution < -0.4 is 10.6 Å². The van der Waals surface area contributed by atoms with Crippen LogP contribution in [-0.4, -0.2) is 29.7 Å². The molecule has 1 aliphatic carbocycles. The molecule has 2 unspecified atom stereocenters. The number of amides is 2. The minimum Gasteiger partial charge on any atom is -0.480 e. The summed E-state index contributed by atoms with van der Waals surface area (Å²) in [5, 5.41) is 14.6. The first-order valence-electron chi connectivity index (χ1n) is 7.65. The highest BCUT2D eigenvalue weighted by Crippen LogP contribution is 2.34. The highest BCUT2D eigenvalue weighted by molar-refractivity contribution is 5.82. The Hall–Kier alpha value is -1.26. The van der Waals surface area contributed by atoms with Gasteiger partial charge in [-0.2, -0.15) is 0 Å². The van der Waals surface area contributed by atoms with Crippen LogP contribution in [0.4, 0.5) is 4.79 Å². The van der Waals surface area contributed by atoms with Crippen LogP contribution in [0.25, 0.3) is 0 Å². The molecule has 0 bridgehead atoms. The maximum atomic E-state index is 11.9. The molecule has 0 aliphatic heterocycles. The summed E-state index contributed by atoms with van der Waals surface area (Å²) in [6.07, 6.45) is 6.67. The van der Waals surface area contributed by atoms with Crippen LogP contribution in [0.15, 0.2) is 0 Å². The van der Waals surface area contributed by atoms with E-state index in [0.717, 1.165) is 19.3 Å². The van der Waals surface area contributed by atoms with Crippen molar-refractivity contribution >= 4 is 12.0 Å². The molecule has 1 fully saturated rings. The average molecular weight is 284 g/mol. The smallest absolute Gasteiger partial charge is 0.326 e. The van der Waals surface area contributed by atoms with E-state index in [-0.39, 0.29) is 17.4 Å². The van der Waals surface area contributed by atoms with Gasteiger partial charge in [0.05, 0.1) is 0 Å². The molecule has 1 rings (SSSR count). The number of carboxylic acids is 1. The minimum absolute atomic E-state index is 0.0801. The molecule has 20 heavy (non-hydrogen) atoms. The van der Waals surface area contributed by atoms with Crippen LogP contribution in [-0.2, 0) is 4.79 Å². The second-order valence-electron chi connectivity index (χ2n) is 6.40. The predicted molar refractivity (Wildman–Crippen MR) is 78.6 cm³/mol. The SMILES string of the molecule is CCC(C)C(NC(=O)NCC1(C)CCCCC1)C(=O)O. The molecule has 116 valence electrons. The fourth-order valence-electron chi connectivity index (χ4n) is 2.75. The molecular weight excluding hydrogens is 256 g/mol. The third-order valence-corrected chi connectivity index (χ3v) is 4.50. The van der Waals surface area contributed by atoms with Gasteiger partial charge < -0.3 is 15.7 Å². The molecule has 1 saturated carbocycles. The molecule has 0 heterocycles. The van der Waals surface area contributed by atoms with E-state index in [1.54, 1.807) is 0 Å². The Kier molecular flexibility index (Phi) is 6.30. The summed E-state index contributed by atoms with van der Waals surface area (Å²) in [4.78, 5) is 23.0. The Balaban J connectivity index is 2.43. The Labute approximate surface area is 121 Å². The van der Waals surface area contributed by atoms with Crippen LogP contribution in [0.2, 0.25) is 0 Å². The summed E-state index contributed by atoms with van der Waals surface area (Å²) in [5.41, 5.74) is 0.157. The molecule has 0 spiro atoms. The second-order valence-corrected chi connectivity index (χ2v) is 6.40. The van der Waals surface area contributed by atoms with Gasteiger partial charge in [0.15, 0.2) is 0 Å². The quantitative estimate of drug-likeness (QED) is 0.701. The van der Waals surface area contributed by atoms with E-state index in [4.69, 9.17) is 5.11 Å². The zero-order chi connectivity index (χ0) is 15.2. The maximum absolute atomic E-state index is 11.9. The van der Waals surface area contributed by atoms with Gasteiger partial charge in [-0.05, 0) is 24.2 Å². The molecule has 5 heteroatoms. The van der Waals surface area contributed by atoms with Gasteiger partial charge in [-0.1, -0.05) is 46.5 Å². The van der Waals surface area contributed by atoms with Crippen LogP contribution in [0.3, 0.4) is 0 Å². The number of carbonyl (C=O) groups is 2. The molecule has 5 nitrogen and oxygen atoms in total. The van der Waals surface area contributed by atoms with Crippen molar-refractivity contribution in [1.29, 1.82) is 0 Å². The van der Waals surface area contributed by atoms with Crippen LogP contribution >= 0.6 is 0 Å². The van der Waals surface area contributed by atoms with E-state index >= 15 is 0 Å². The van der Waals surface area contributed by atoms with Crippen molar-refractivity contribution in [2.24, 2.45) is 11.3 Å². The van der Waals surface area contributed by atoms with E-state index < -0.39 is 12.0 Å². The van der Waals surface area contributed by atoms with Crippen molar-refractivity contribution in [3.63, 3.8) is 0 Å². The number of carboxylic acid groups (broad SMARTS) is 1. The summed E-state index contributed by atoms with van der Waals surface area (Å²) in [7, 11) is 0. The molecular formula is C15H28N2O3. The Bertz CT molecular complexity index is 338. The van der Waals surface area contributed by atoms with Crippen molar-refractivity contribution in [3.8, 4) is 0 Å². The number of urea groups is 1. The third-order valence-electron chi connectivity index (χ3n) is 4.50. The topological polar surface area (TPSA) is 78.4 Å². The van der Waals surface area contributed by atoms with Gasteiger partial charge in [0.1, 0.15) is 6.04 Å². The van der Waals surface area contributed by atoms with Gasteiger partial charge in [0.25, 0.3) is 0 Å². The van der Waals surface area contributed by atoms with Gasteiger partial charge in [-0.15, -0.1) is 0 Å². The number of nitrogens with one attached hydrogen (secondary N) is 2. The van der Waals surface area contributed by atoms with E-state index in [2.05, 4.69) is 17.6 Å². The summed E-state index contributed by atoms with van der Waals surface area (Å²) in [6, 6.07) is -1.19. The van der Waals surface area contributed by atoms with Crippen molar-refractivity contribution in [2.75, 3.05) is 6.54 Å². The molecule has 0 saturated heterocycles. The molecule has 2 amide bonds. The van der Waals surface area contributed by atoms with Crippen molar-refractivity contribution in [1.82, 2.24) is 10.6 Å². The Morgan fingerprint density at radius 3 is 2.35 bits per heavy atom. The summed E-state index contributed by atoms with van der Waals surface area (Å²) >= 11 is 0. The largest absolute Gasteiger partial charge is 0.480 e. The van der Waals surface area contributed by atoms with Crippen LogP contribution in [0, 0.1) is 11.3 Å². The summed E-state index contributed by atoms with van der Waals surface area (Å²) in [6.45, 7) is 6.56. The van der Waals surface area contributed by atoms with Gasteiger partial charge in [-0.25, -0.2) is 9.59 Å². The number of carbonyl (C=O) groups excluding carboxylic acids is 1. The molecule has 1 aliphatic rings. The van der Waals surface area contributed by atoms with Gasteiger partial charge >= 0.3 is 12.0 Å². The number of hydrogen-bond acceptors (Lipinski definition) is 2. The molecule has 0 aromatic heterocycles. The third kappa shape index (κ3) is 5.02. The fraction of sp³-hybridized carbons (Fsp3) is 0.867. The molecule has 0 aromatic carbocycles. The Morgan fingerprint density at radius 1 is 1.25 bits per heavy atom. The first kappa shape index (κ1) is 16.8. The zero-order valence-electron chi connectivity index (χ0n) is 12.9. The van der Waals surface area contributed by atoms with Crippen LogP contribution in [0.5, 0.6) is 0 Å². The summed E-state index contributed by atoms with van der Waals surface area (Å²) < 4.78 is 0. The van der Waals surface area contributed by atoms with Crippen molar-refractivity contribution in [3.05, 3.63) is 0 Å². The van der Waals surface area contributed by atoms with E-state index in [0.29, 0.717) is 6.54 Å². The highest BCUT2D eigenvalue weighted by Gasteiger charge is 2.29. The normalized spacial score (nSPS) is 20.8. The Morgan fingerprint density at radius 2 is 1.85 bits per heavy atom. The van der Waals surface area contributed by atoms with E-state index in [1.165, 1.54) is 19.3 Å². The molecule has 3 N–H and O–H groups in total. The first-order valence-corrected chi connectivity index (χ1v) is 7.65. The average Bonchev–Trinajstić information content (AvgIpc) is 2.42. The maximum Gasteiger partial charge on any atom is 0.326 e. The zero-order valence-corrected chi connectivity index (χ0v) is 12.9. The number of hydrogen-bond donors (Lipinski definition) is 3. The number of rotatable bonds is 6. The first-order chi connectivity index (χ1) is 9.38. The molecule has 0 radical (unpaired) electrons. The standard InChI is InChI=1S/C15H28N2O3/c1-4-11(2)12(13(18)19)17-14(20)16-10-15(3)8-6-5-7-9-15/h11-12H,4-10H2,1-3H3,(H,18,19)(H2,16,17,20). The highest BCUT2D eigenvalue weighted by atomic mass is 16.4. The predicted octanol–water partition coefficient (Wildman–Crippen LogP) is 2.76. The minimum atomic E-state index is -0.974. The van der Waals surface area contributed by atoms with Crippen LogP contribution in [0.1, 0.15) is 59.3 Å². The lowest BCUT2D eigenvalue weighted by Crippen LogP contribution is -2.50. The van der Waals surface area contributed by atoms with E-state index in [9.17, 15) is 9.59 Å². The van der Waals surface area contributed by atoms with Crippen molar-refractivity contribution in [2.45, 2.75) is 65.3 Å². The van der Waals surface area contributed by atoms with Gasteiger partial charge in [-0.3, -0.25) is 0 Å². The lowest BCUT2D eigenvalue weighted by Gasteiger charge is -2.33. The molecule has 0 aromatic rings. The summed E-state index contributed by atoms with van der Waals surface area (Å²) in [5.74, 6) is -1.05. The lowest BCUT2D eigenvalue weighted by atomic mass is 9.76. The molecule has 2 atom stereocenters. The van der Waals surface area contributed by atoms with E-state index in [1.807, 2.05) is 13.8 Å². The lowest BCUT2D eigenvalue weighted by molar-refractivity contribution is -0.140. The van der Waals surface area contributed by atoms with Gasteiger partial charge in [0.2, 0.25) is 0 Å². The fourth-order valence-corrected chi connectivity index (χ4v) is 2.75. The monoisotopic (exact) mass is 284 g/mol.